The van der Waals surface area contributed by atoms with Crippen molar-refractivity contribution in [3.8, 4) is 0 Å². The molecule has 0 amide bonds. The van der Waals surface area contributed by atoms with Gasteiger partial charge in [-0.3, -0.25) is 10.1 Å². The van der Waals surface area contributed by atoms with E-state index in [1.165, 1.54) is 24.1 Å². The number of nitro groups is 1. The van der Waals surface area contributed by atoms with Gasteiger partial charge in [0.15, 0.2) is 0 Å². The fourth-order valence-corrected chi connectivity index (χ4v) is 2.65. The van der Waals surface area contributed by atoms with E-state index in [2.05, 4.69) is 22.0 Å². The number of benzene rings is 1. The predicted molar refractivity (Wildman–Crippen MR) is 83.3 cm³/mol. The lowest BCUT2D eigenvalue weighted by molar-refractivity contribution is -0.385. The van der Waals surface area contributed by atoms with Crippen molar-refractivity contribution in [2.75, 3.05) is 12.4 Å². The Balaban J connectivity index is 2.17. The summed E-state index contributed by atoms with van der Waals surface area (Å²) in [6.45, 7) is 2.55. The fourth-order valence-electron chi connectivity index (χ4n) is 1.85. The Hall–Kier alpha value is -2.48. The largest absolute Gasteiger partial charge is 0.465 e. The van der Waals surface area contributed by atoms with Gasteiger partial charge in [-0.15, -0.1) is 11.3 Å². The molecule has 22 heavy (non-hydrogen) atoms. The number of thiazole rings is 1. The van der Waals surface area contributed by atoms with E-state index >= 15 is 0 Å². The molecule has 116 valence electrons. The van der Waals surface area contributed by atoms with Crippen LogP contribution in [0.4, 0.5) is 11.4 Å². The van der Waals surface area contributed by atoms with E-state index in [1.54, 1.807) is 17.4 Å². The summed E-state index contributed by atoms with van der Waals surface area (Å²) < 4.78 is 4.58. The van der Waals surface area contributed by atoms with Gasteiger partial charge < -0.3 is 10.1 Å². The first kappa shape index (κ1) is 15.9. The Labute approximate surface area is 131 Å². The van der Waals surface area contributed by atoms with Gasteiger partial charge in [0.05, 0.1) is 18.6 Å². The summed E-state index contributed by atoms with van der Waals surface area (Å²) in [5, 5.41) is 15.0. The Kier molecular flexibility index (Phi) is 5.05. The van der Waals surface area contributed by atoms with E-state index in [1.807, 2.05) is 6.20 Å². The van der Waals surface area contributed by atoms with E-state index in [9.17, 15) is 14.9 Å². The number of carbonyl (C=O) groups excluding carboxylic acids is 1. The SMILES string of the molecule is CCc1cnc(CNc2ccc([N+](=O)[O-])c(C(=O)OC)c2)s1. The number of hydrogen-bond donors (Lipinski definition) is 1. The second-order valence-corrected chi connectivity index (χ2v) is 5.61. The third-order valence-corrected chi connectivity index (χ3v) is 4.13. The molecule has 0 bridgehead atoms. The van der Waals surface area contributed by atoms with E-state index in [-0.39, 0.29) is 11.3 Å². The molecule has 1 aromatic heterocycles. The quantitative estimate of drug-likeness (QED) is 0.499. The van der Waals surface area contributed by atoms with Crippen LogP contribution in [0.15, 0.2) is 24.4 Å². The molecule has 0 spiro atoms. The van der Waals surface area contributed by atoms with Gasteiger partial charge in [-0.25, -0.2) is 9.78 Å². The molecule has 0 saturated carbocycles. The average Bonchev–Trinajstić information content (AvgIpc) is 2.99. The third kappa shape index (κ3) is 3.59. The summed E-state index contributed by atoms with van der Waals surface area (Å²) in [6.07, 6.45) is 2.76. The topological polar surface area (TPSA) is 94.4 Å². The number of nitrogens with one attached hydrogen (secondary N) is 1. The van der Waals surface area contributed by atoms with Crippen LogP contribution in [0.3, 0.4) is 0 Å². The lowest BCUT2D eigenvalue weighted by atomic mass is 10.1. The number of carbonyl (C=O) groups is 1. The zero-order valence-electron chi connectivity index (χ0n) is 12.2. The molecule has 0 unspecified atom stereocenters. The standard InChI is InChI=1S/C14H15N3O4S/c1-3-10-7-16-13(22-10)8-15-9-4-5-12(17(19)20)11(6-9)14(18)21-2/h4-7,15H,3,8H2,1-2H3. The highest BCUT2D eigenvalue weighted by atomic mass is 32.1. The number of aryl methyl sites for hydroxylation is 1. The number of nitrogens with zero attached hydrogens (tertiary/aromatic N) is 2. The Morgan fingerprint density at radius 3 is 2.86 bits per heavy atom. The maximum Gasteiger partial charge on any atom is 0.344 e. The minimum absolute atomic E-state index is 0.0779. The highest BCUT2D eigenvalue weighted by Crippen LogP contribution is 2.24. The number of hydrogen-bond acceptors (Lipinski definition) is 7. The molecule has 0 aliphatic heterocycles. The van der Waals surface area contributed by atoms with Crippen molar-refractivity contribution in [2.45, 2.75) is 19.9 Å². The van der Waals surface area contributed by atoms with Crippen LogP contribution >= 0.6 is 11.3 Å². The molecule has 2 rings (SSSR count). The molecular formula is C14H15N3O4S. The van der Waals surface area contributed by atoms with Crippen LogP contribution in [0.5, 0.6) is 0 Å². The molecule has 1 N–H and O–H groups in total. The van der Waals surface area contributed by atoms with Crippen molar-refractivity contribution < 1.29 is 14.5 Å². The molecule has 8 heteroatoms. The van der Waals surface area contributed by atoms with Crippen molar-refractivity contribution in [1.29, 1.82) is 0 Å². The van der Waals surface area contributed by atoms with Crippen molar-refractivity contribution in [3.63, 3.8) is 0 Å². The first-order valence-corrected chi connectivity index (χ1v) is 7.41. The predicted octanol–water partition coefficient (Wildman–Crippen LogP) is 3.01. The average molecular weight is 321 g/mol. The summed E-state index contributed by atoms with van der Waals surface area (Å²) in [7, 11) is 1.19. The van der Waals surface area contributed by atoms with E-state index in [4.69, 9.17) is 0 Å². The molecule has 7 nitrogen and oxygen atoms in total. The lowest BCUT2D eigenvalue weighted by Crippen LogP contribution is -2.07. The van der Waals surface area contributed by atoms with Crippen molar-refractivity contribution >= 4 is 28.7 Å². The number of ether oxygens (including phenoxy) is 1. The van der Waals surface area contributed by atoms with Gasteiger partial charge in [0.2, 0.25) is 0 Å². The molecule has 0 atom stereocenters. The first-order valence-electron chi connectivity index (χ1n) is 6.59. The summed E-state index contributed by atoms with van der Waals surface area (Å²) in [5.74, 6) is -0.738. The number of aromatic nitrogens is 1. The van der Waals surface area contributed by atoms with Crippen molar-refractivity contribution in [1.82, 2.24) is 4.98 Å². The lowest BCUT2D eigenvalue weighted by Gasteiger charge is -2.07. The molecule has 0 saturated heterocycles. The number of esters is 1. The van der Waals surface area contributed by atoms with Crippen molar-refractivity contribution in [3.05, 3.63) is 50.0 Å². The Morgan fingerprint density at radius 1 is 1.50 bits per heavy atom. The van der Waals surface area contributed by atoms with E-state index < -0.39 is 10.9 Å². The van der Waals surface area contributed by atoms with Gasteiger partial charge in [-0.1, -0.05) is 6.92 Å². The highest BCUT2D eigenvalue weighted by molar-refractivity contribution is 7.11. The van der Waals surface area contributed by atoms with Crippen LogP contribution in [-0.4, -0.2) is 23.0 Å². The summed E-state index contributed by atoms with van der Waals surface area (Å²) >= 11 is 1.60. The molecule has 0 aliphatic rings. The molecule has 0 radical (unpaired) electrons. The van der Waals surface area contributed by atoms with Crippen LogP contribution in [0, 0.1) is 10.1 Å². The molecule has 1 heterocycles. The normalized spacial score (nSPS) is 10.3. The minimum atomic E-state index is -0.738. The van der Waals surface area contributed by atoms with E-state index in [0.29, 0.717) is 12.2 Å². The van der Waals surface area contributed by atoms with Crippen LogP contribution in [0.2, 0.25) is 0 Å². The van der Waals surface area contributed by atoms with Crippen LogP contribution < -0.4 is 5.32 Å². The number of methoxy groups -OCH3 is 1. The maximum atomic E-state index is 11.6. The smallest absolute Gasteiger partial charge is 0.344 e. The summed E-state index contributed by atoms with van der Waals surface area (Å²) in [5.41, 5.74) is 0.241. The number of rotatable bonds is 6. The number of anilines is 1. The van der Waals surface area contributed by atoms with Crippen LogP contribution in [0.25, 0.3) is 0 Å². The minimum Gasteiger partial charge on any atom is -0.465 e. The van der Waals surface area contributed by atoms with Crippen LogP contribution in [-0.2, 0) is 17.7 Å². The zero-order valence-corrected chi connectivity index (χ0v) is 13.0. The molecule has 0 fully saturated rings. The van der Waals surface area contributed by atoms with Gasteiger partial charge >= 0.3 is 5.97 Å². The summed E-state index contributed by atoms with van der Waals surface area (Å²) in [4.78, 5) is 27.4. The third-order valence-electron chi connectivity index (χ3n) is 2.99. The van der Waals surface area contributed by atoms with Gasteiger partial charge in [-0.05, 0) is 18.6 Å². The number of nitro benzene ring substituents is 1. The Morgan fingerprint density at radius 2 is 2.27 bits per heavy atom. The van der Waals surface area contributed by atoms with Gasteiger partial charge in [0, 0.05) is 22.8 Å². The zero-order chi connectivity index (χ0) is 16.1. The van der Waals surface area contributed by atoms with Gasteiger partial charge in [0.25, 0.3) is 5.69 Å². The Bertz CT molecular complexity index is 699. The second kappa shape index (κ2) is 6.99. The molecule has 1 aromatic carbocycles. The molecular weight excluding hydrogens is 306 g/mol. The molecule has 2 aromatic rings. The first-order chi connectivity index (χ1) is 10.5. The maximum absolute atomic E-state index is 11.6. The van der Waals surface area contributed by atoms with Gasteiger partial charge in [0.1, 0.15) is 10.6 Å². The van der Waals surface area contributed by atoms with E-state index in [0.717, 1.165) is 11.4 Å². The fraction of sp³-hybridized carbons (Fsp3) is 0.286. The molecule has 0 aliphatic carbocycles. The summed E-state index contributed by atoms with van der Waals surface area (Å²) in [6, 6.07) is 4.26. The van der Waals surface area contributed by atoms with Crippen LogP contribution in [0.1, 0.15) is 27.2 Å². The second-order valence-electron chi connectivity index (χ2n) is 4.41. The monoisotopic (exact) mass is 321 g/mol. The van der Waals surface area contributed by atoms with Gasteiger partial charge in [-0.2, -0.15) is 0 Å². The van der Waals surface area contributed by atoms with Crippen molar-refractivity contribution in [2.24, 2.45) is 0 Å². The highest BCUT2D eigenvalue weighted by Gasteiger charge is 2.21.